The molecule has 0 aliphatic carbocycles. The minimum Gasteiger partial charge on any atom is -0.347 e. The van der Waals surface area contributed by atoms with Crippen LogP contribution < -0.4 is 0 Å². The van der Waals surface area contributed by atoms with Crippen molar-refractivity contribution in [2.24, 2.45) is 5.92 Å². The average molecular weight is 263 g/mol. The molecule has 2 aliphatic rings. The Morgan fingerprint density at radius 2 is 1.71 bits per heavy atom. The summed E-state index contributed by atoms with van der Waals surface area (Å²) in [6, 6.07) is 0. The van der Waals surface area contributed by atoms with Gasteiger partial charge in [-0.2, -0.15) is 0 Å². The van der Waals surface area contributed by atoms with Crippen LogP contribution in [0.2, 0.25) is 0 Å². The van der Waals surface area contributed by atoms with Gasteiger partial charge >= 0.3 is 0 Å². The lowest BCUT2D eigenvalue weighted by Gasteiger charge is -2.37. The minimum atomic E-state index is -3.11. The lowest BCUT2D eigenvalue weighted by molar-refractivity contribution is -0.179. The highest BCUT2D eigenvalue weighted by Gasteiger charge is 2.42. The van der Waals surface area contributed by atoms with Crippen molar-refractivity contribution in [3.05, 3.63) is 0 Å². The maximum atomic E-state index is 12.0. The zero-order chi connectivity index (χ0) is 12.5. The Bertz CT molecular complexity index is 350. The van der Waals surface area contributed by atoms with Gasteiger partial charge in [0.1, 0.15) is 0 Å². The maximum absolute atomic E-state index is 12.0. The molecular formula is C11H21NO4S. The van der Waals surface area contributed by atoms with Gasteiger partial charge in [0.15, 0.2) is 5.79 Å². The van der Waals surface area contributed by atoms with E-state index in [1.807, 2.05) is 13.8 Å². The first-order chi connectivity index (χ1) is 7.94. The van der Waals surface area contributed by atoms with Crippen molar-refractivity contribution in [1.82, 2.24) is 4.31 Å². The zero-order valence-electron chi connectivity index (χ0n) is 10.5. The van der Waals surface area contributed by atoms with Crippen LogP contribution in [0.4, 0.5) is 0 Å². The highest BCUT2D eigenvalue weighted by molar-refractivity contribution is 7.89. The summed E-state index contributed by atoms with van der Waals surface area (Å²) in [5.74, 6) is -0.110. The first kappa shape index (κ1) is 13.3. The molecule has 0 N–H and O–H groups in total. The normalized spacial score (nSPS) is 25.8. The topological polar surface area (TPSA) is 55.8 Å². The molecular weight excluding hydrogens is 242 g/mol. The van der Waals surface area contributed by atoms with Gasteiger partial charge in [0, 0.05) is 25.9 Å². The average Bonchev–Trinajstić information content (AvgIpc) is 2.65. The Kier molecular flexibility index (Phi) is 3.77. The minimum absolute atomic E-state index is 0.162. The Hall–Kier alpha value is -0.170. The summed E-state index contributed by atoms with van der Waals surface area (Å²) in [5, 5.41) is 0. The van der Waals surface area contributed by atoms with Crippen molar-refractivity contribution in [2.45, 2.75) is 32.5 Å². The van der Waals surface area contributed by atoms with E-state index in [1.54, 1.807) is 4.31 Å². The number of ether oxygens (including phenoxy) is 2. The first-order valence-electron chi connectivity index (χ1n) is 6.19. The van der Waals surface area contributed by atoms with Gasteiger partial charge < -0.3 is 9.47 Å². The van der Waals surface area contributed by atoms with Crippen LogP contribution in [0.3, 0.4) is 0 Å². The van der Waals surface area contributed by atoms with Gasteiger partial charge in [0.25, 0.3) is 0 Å². The summed E-state index contributed by atoms with van der Waals surface area (Å²) in [6.45, 7) is 6.11. The van der Waals surface area contributed by atoms with Crippen LogP contribution in [0.5, 0.6) is 0 Å². The Balaban J connectivity index is 1.94. The molecule has 0 atom stereocenters. The molecule has 0 amide bonds. The summed E-state index contributed by atoms with van der Waals surface area (Å²) in [6.07, 6.45) is 1.29. The largest absolute Gasteiger partial charge is 0.347 e. The molecule has 2 saturated heterocycles. The molecule has 5 nitrogen and oxygen atoms in total. The Labute approximate surface area is 103 Å². The van der Waals surface area contributed by atoms with E-state index in [1.165, 1.54) is 0 Å². The van der Waals surface area contributed by atoms with Gasteiger partial charge in [-0.25, -0.2) is 12.7 Å². The highest BCUT2D eigenvalue weighted by Crippen LogP contribution is 2.32. The molecule has 0 radical (unpaired) electrons. The molecule has 2 aliphatic heterocycles. The molecule has 100 valence electrons. The van der Waals surface area contributed by atoms with E-state index in [0.29, 0.717) is 39.1 Å². The predicted molar refractivity (Wildman–Crippen MR) is 64.1 cm³/mol. The fourth-order valence-electron chi connectivity index (χ4n) is 2.42. The van der Waals surface area contributed by atoms with Crippen molar-refractivity contribution >= 4 is 10.0 Å². The third-order valence-corrected chi connectivity index (χ3v) is 5.47. The number of piperidine rings is 1. The second kappa shape index (κ2) is 4.84. The molecule has 0 aromatic rings. The van der Waals surface area contributed by atoms with Crippen molar-refractivity contribution < 1.29 is 17.9 Å². The molecule has 0 bridgehead atoms. The van der Waals surface area contributed by atoms with E-state index >= 15 is 0 Å². The van der Waals surface area contributed by atoms with Gasteiger partial charge in [-0.1, -0.05) is 13.8 Å². The van der Waals surface area contributed by atoms with Crippen LogP contribution in [-0.4, -0.2) is 50.6 Å². The van der Waals surface area contributed by atoms with Crippen LogP contribution in [0.1, 0.15) is 26.7 Å². The molecule has 17 heavy (non-hydrogen) atoms. The lowest BCUT2D eigenvalue weighted by Crippen LogP contribution is -2.48. The third kappa shape index (κ3) is 2.99. The second-order valence-corrected chi connectivity index (χ2v) is 7.19. The van der Waals surface area contributed by atoms with E-state index in [-0.39, 0.29) is 11.7 Å². The Morgan fingerprint density at radius 3 is 2.18 bits per heavy atom. The zero-order valence-corrected chi connectivity index (χ0v) is 11.3. The summed E-state index contributed by atoms with van der Waals surface area (Å²) in [7, 11) is -3.11. The number of hydrogen-bond donors (Lipinski definition) is 0. The van der Waals surface area contributed by atoms with Crippen LogP contribution in [0.15, 0.2) is 0 Å². The van der Waals surface area contributed by atoms with E-state index in [0.717, 1.165) is 0 Å². The maximum Gasteiger partial charge on any atom is 0.214 e. The van der Waals surface area contributed by atoms with E-state index in [9.17, 15) is 8.42 Å². The van der Waals surface area contributed by atoms with Gasteiger partial charge in [0.05, 0.1) is 19.0 Å². The molecule has 0 aromatic carbocycles. The lowest BCUT2D eigenvalue weighted by atomic mass is 10.1. The first-order valence-corrected chi connectivity index (χ1v) is 7.80. The van der Waals surface area contributed by atoms with Gasteiger partial charge in [-0.15, -0.1) is 0 Å². The predicted octanol–water partition coefficient (Wildman–Crippen LogP) is 0.811. The molecule has 0 unspecified atom stereocenters. The molecule has 2 rings (SSSR count). The monoisotopic (exact) mass is 263 g/mol. The molecule has 0 aromatic heterocycles. The summed E-state index contributed by atoms with van der Waals surface area (Å²) in [5.41, 5.74) is 0. The van der Waals surface area contributed by atoms with Gasteiger partial charge in [0.2, 0.25) is 10.0 Å². The number of sulfonamides is 1. The highest BCUT2D eigenvalue weighted by atomic mass is 32.2. The quantitative estimate of drug-likeness (QED) is 0.756. The fraction of sp³-hybridized carbons (Fsp3) is 1.00. The molecule has 0 saturated carbocycles. The van der Waals surface area contributed by atoms with Crippen molar-refractivity contribution in [1.29, 1.82) is 0 Å². The smallest absolute Gasteiger partial charge is 0.214 e. The van der Waals surface area contributed by atoms with Crippen LogP contribution in [0.25, 0.3) is 0 Å². The second-order valence-electron chi connectivity index (χ2n) is 5.18. The fourth-order valence-corrected chi connectivity index (χ4v) is 4.21. The molecule has 6 heteroatoms. The summed E-state index contributed by atoms with van der Waals surface area (Å²) < 4.78 is 36.8. The van der Waals surface area contributed by atoms with Crippen LogP contribution in [0, 0.1) is 5.92 Å². The van der Waals surface area contributed by atoms with Crippen LogP contribution >= 0.6 is 0 Å². The standard InChI is InChI=1S/C11H21NO4S/c1-10(2)9-17(13,14)12-5-3-11(4-6-12)15-7-8-16-11/h10H,3-9H2,1-2H3. The SMILES string of the molecule is CC(C)CS(=O)(=O)N1CCC2(CC1)OCCO2. The molecule has 1 spiro atoms. The molecule has 2 fully saturated rings. The number of nitrogens with zero attached hydrogens (tertiary/aromatic N) is 1. The summed E-state index contributed by atoms with van der Waals surface area (Å²) in [4.78, 5) is 0. The van der Waals surface area contributed by atoms with Gasteiger partial charge in [-0.3, -0.25) is 0 Å². The van der Waals surface area contributed by atoms with E-state index in [4.69, 9.17) is 9.47 Å². The van der Waals surface area contributed by atoms with E-state index < -0.39 is 15.8 Å². The van der Waals surface area contributed by atoms with Gasteiger partial charge in [-0.05, 0) is 5.92 Å². The van der Waals surface area contributed by atoms with E-state index in [2.05, 4.69) is 0 Å². The van der Waals surface area contributed by atoms with Crippen LogP contribution in [-0.2, 0) is 19.5 Å². The molecule has 2 heterocycles. The summed E-state index contributed by atoms with van der Waals surface area (Å²) >= 11 is 0. The van der Waals surface area contributed by atoms with Crippen molar-refractivity contribution in [2.75, 3.05) is 32.1 Å². The Morgan fingerprint density at radius 1 is 1.18 bits per heavy atom. The number of hydrogen-bond acceptors (Lipinski definition) is 4. The third-order valence-electron chi connectivity index (χ3n) is 3.24. The van der Waals surface area contributed by atoms with Crippen molar-refractivity contribution in [3.63, 3.8) is 0 Å². The van der Waals surface area contributed by atoms with Crippen molar-refractivity contribution in [3.8, 4) is 0 Å². The number of rotatable bonds is 3.